The first-order valence-corrected chi connectivity index (χ1v) is 10.2. The number of nitrogens with zero attached hydrogens (tertiary/aromatic N) is 3. The predicted octanol–water partition coefficient (Wildman–Crippen LogP) is 2.73. The van der Waals surface area contributed by atoms with E-state index in [0.29, 0.717) is 12.6 Å². The zero-order valence-electron chi connectivity index (χ0n) is 17.7. The molecule has 1 aliphatic heterocycles. The van der Waals surface area contributed by atoms with Gasteiger partial charge in [-0.3, -0.25) is 9.89 Å². The van der Waals surface area contributed by atoms with Gasteiger partial charge < -0.3 is 20.1 Å². The number of nitrogens with one attached hydrogen (secondary N) is 1. The van der Waals surface area contributed by atoms with E-state index in [1.807, 2.05) is 31.2 Å². The molecule has 2 unspecified atom stereocenters. The van der Waals surface area contributed by atoms with Crippen LogP contribution in [0.4, 0.5) is 0 Å². The molecule has 160 valence electrons. The van der Waals surface area contributed by atoms with E-state index in [9.17, 15) is 5.11 Å². The molecular weight excluding hydrogens is 467 g/mol. The monoisotopic (exact) mass is 504 g/mol. The Morgan fingerprint density at radius 1 is 1.36 bits per heavy atom. The molecule has 0 bridgehead atoms. The van der Waals surface area contributed by atoms with Gasteiger partial charge in [0.25, 0.3) is 0 Å². The second kappa shape index (κ2) is 13.2. The number of aryl methyl sites for hydroxylation is 1. The number of benzene rings is 1. The van der Waals surface area contributed by atoms with E-state index in [1.54, 1.807) is 0 Å². The van der Waals surface area contributed by atoms with Gasteiger partial charge in [-0.1, -0.05) is 26.0 Å². The zero-order chi connectivity index (χ0) is 19.6. The number of halogens is 1. The van der Waals surface area contributed by atoms with E-state index in [1.165, 1.54) is 0 Å². The number of likely N-dealkylation sites (tertiary alicyclic amines) is 1. The topological polar surface area (TPSA) is 60.3 Å². The Morgan fingerprint density at radius 3 is 2.75 bits per heavy atom. The Kier molecular flexibility index (Phi) is 11.8. The van der Waals surface area contributed by atoms with Crippen molar-refractivity contribution in [3.8, 4) is 5.75 Å². The van der Waals surface area contributed by atoms with Gasteiger partial charge in [-0.05, 0) is 51.1 Å². The van der Waals surface area contributed by atoms with Crippen LogP contribution < -0.4 is 10.1 Å². The van der Waals surface area contributed by atoms with Crippen molar-refractivity contribution < 1.29 is 9.84 Å². The smallest absolute Gasteiger partial charge is 0.194 e. The van der Waals surface area contributed by atoms with Crippen molar-refractivity contribution in [3.05, 3.63) is 29.8 Å². The Labute approximate surface area is 187 Å². The average Bonchev–Trinajstić information content (AvgIpc) is 3.14. The van der Waals surface area contributed by atoms with E-state index in [0.717, 1.165) is 56.4 Å². The van der Waals surface area contributed by atoms with E-state index < -0.39 is 6.10 Å². The second-order valence-corrected chi connectivity index (χ2v) is 7.09. The molecule has 0 saturated carbocycles. The number of aliphatic hydroxyl groups excluding tert-OH is 1. The van der Waals surface area contributed by atoms with Crippen LogP contribution in [0.5, 0.6) is 5.75 Å². The maximum Gasteiger partial charge on any atom is 0.194 e. The first-order valence-electron chi connectivity index (χ1n) is 10.2. The lowest BCUT2D eigenvalue weighted by atomic mass is 10.2. The van der Waals surface area contributed by atoms with E-state index in [2.05, 4.69) is 40.9 Å². The maximum absolute atomic E-state index is 10.3. The first kappa shape index (κ1) is 25.0. The van der Waals surface area contributed by atoms with E-state index >= 15 is 0 Å². The molecule has 2 atom stereocenters. The van der Waals surface area contributed by atoms with Gasteiger partial charge in [-0.15, -0.1) is 24.0 Å². The summed E-state index contributed by atoms with van der Waals surface area (Å²) in [6, 6.07) is 8.44. The van der Waals surface area contributed by atoms with Gasteiger partial charge in [0.1, 0.15) is 18.5 Å². The summed E-state index contributed by atoms with van der Waals surface area (Å²) in [6.45, 7) is 14.1. The van der Waals surface area contributed by atoms with Crippen LogP contribution in [0, 0.1) is 6.92 Å². The van der Waals surface area contributed by atoms with Crippen molar-refractivity contribution in [1.82, 2.24) is 15.1 Å². The number of hydrogen-bond acceptors (Lipinski definition) is 4. The molecule has 1 aromatic rings. The number of likely N-dealkylation sites (N-methyl/N-ethyl adjacent to an activating group) is 1. The van der Waals surface area contributed by atoms with Gasteiger partial charge in [0.15, 0.2) is 5.96 Å². The van der Waals surface area contributed by atoms with Gasteiger partial charge in [0.2, 0.25) is 0 Å². The van der Waals surface area contributed by atoms with Crippen LogP contribution >= 0.6 is 24.0 Å². The van der Waals surface area contributed by atoms with Crippen LogP contribution in [0.3, 0.4) is 0 Å². The molecule has 7 heteroatoms. The van der Waals surface area contributed by atoms with Crippen LogP contribution in [0.25, 0.3) is 0 Å². The Morgan fingerprint density at radius 2 is 2.11 bits per heavy atom. The molecule has 0 spiro atoms. The fourth-order valence-corrected chi connectivity index (χ4v) is 3.54. The molecule has 0 amide bonds. The van der Waals surface area contributed by atoms with Gasteiger partial charge in [0, 0.05) is 25.7 Å². The van der Waals surface area contributed by atoms with Crippen molar-refractivity contribution in [2.45, 2.75) is 46.3 Å². The molecule has 2 N–H and O–H groups in total. The number of guanidine groups is 1. The van der Waals surface area contributed by atoms with Gasteiger partial charge >= 0.3 is 0 Å². The Hall–Kier alpha value is -1.06. The molecular formula is C21H37IN4O2. The van der Waals surface area contributed by atoms with Crippen LogP contribution in [-0.4, -0.2) is 78.9 Å². The number of hydrogen-bond donors (Lipinski definition) is 2. The van der Waals surface area contributed by atoms with Crippen LogP contribution in [0.1, 0.15) is 32.8 Å². The number of aliphatic hydroxyl groups is 1. The summed E-state index contributed by atoms with van der Waals surface area (Å²) in [6.07, 6.45) is 0.533. The van der Waals surface area contributed by atoms with Crippen LogP contribution in [0.15, 0.2) is 29.3 Å². The normalized spacial score (nSPS) is 18.1. The van der Waals surface area contributed by atoms with Crippen LogP contribution in [0.2, 0.25) is 0 Å². The van der Waals surface area contributed by atoms with Crippen molar-refractivity contribution >= 4 is 29.9 Å². The summed E-state index contributed by atoms with van der Waals surface area (Å²) < 4.78 is 5.68. The lowest BCUT2D eigenvalue weighted by Gasteiger charge is -2.27. The van der Waals surface area contributed by atoms with Gasteiger partial charge in [-0.2, -0.15) is 0 Å². The minimum absolute atomic E-state index is 0. The Balaban J connectivity index is 0.00000392. The second-order valence-electron chi connectivity index (χ2n) is 7.09. The summed E-state index contributed by atoms with van der Waals surface area (Å²) in [5.74, 6) is 1.67. The summed E-state index contributed by atoms with van der Waals surface area (Å²) >= 11 is 0. The summed E-state index contributed by atoms with van der Waals surface area (Å²) in [5, 5.41) is 13.6. The highest BCUT2D eigenvalue weighted by Crippen LogP contribution is 2.16. The highest BCUT2D eigenvalue weighted by Gasteiger charge is 2.28. The third-order valence-electron chi connectivity index (χ3n) is 5.01. The quantitative estimate of drug-likeness (QED) is 0.308. The molecule has 0 radical (unpaired) electrons. The number of aliphatic imine (C=N–C) groups is 1. The van der Waals surface area contributed by atoms with E-state index in [4.69, 9.17) is 4.74 Å². The molecule has 1 aromatic carbocycles. The predicted molar refractivity (Wildman–Crippen MR) is 127 cm³/mol. The molecule has 0 aromatic heterocycles. The highest BCUT2D eigenvalue weighted by molar-refractivity contribution is 14.0. The summed E-state index contributed by atoms with van der Waals surface area (Å²) in [4.78, 5) is 9.47. The lowest BCUT2D eigenvalue weighted by Crippen LogP contribution is -2.43. The van der Waals surface area contributed by atoms with Gasteiger partial charge in [-0.25, -0.2) is 0 Å². The molecule has 6 nitrogen and oxygen atoms in total. The van der Waals surface area contributed by atoms with Crippen molar-refractivity contribution in [2.24, 2.45) is 4.99 Å². The molecule has 28 heavy (non-hydrogen) atoms. The summed E-state index contributed by atoms with van der Waals surface area (Å²) in [7, 11) is 0. The van der Waals surface area contributed by atoms with Crippen molar-refractivity contribution in [2.75, 3.05) is 45.9 Å². The molecule has 0 aliphatic carbocycles. The fourth-order valence-electron chi connectivity index (χ4n) is 3.54. The molecule has 2 rings (SSSR count). The average molecular weight is 504 g/mol. The Bertz CT molecular complexity index is 596. The molecule has 1 aliphatic rings. The fraction of sp³-hybridized carbons (Fsp3) is 0.667. The molecule has 1 fully saturated rings. The number of rotatable bonds is 9. The maximum atomic E-state index is 10.3. The van der Waals surface area contributed by atoms with Gasteiger partial charge in [0.05, 0.1) is 6.54 Å². The lowest BCUT2D eigenvalue weighted by molar-refractivity contribution is 0.114. The SMILES string of the molecule is CCNC(=NCC(O)COc1cccc(C)c1)N1CCC(N(CC)CC)C1.I. The van der Waals surface area contributed by atoms with Crippen LogP contribution in [-0.2, 0) is 0 Å². The van der Waals surface area contributed by atoms with Crippen molar-refractivity contribution in [1.29, 1.82) is 0 Å². The largest absolute Gasteiger partial charge is 0.491 e. The highest BCUT2D eigenvalue weighted by atomic mass is 127. The summed E-state index contributed by atoms with van der Waals surface area (Å²) in [5.41, 5.74) is 1.14. The minimum atomic E-state index is -0.625. The third kappa shape index (κ3) is 7.75. The molecule has 1 saturated heterocycles. The number of ether oxygens (including phenoxy) is 1. The minimum Gasteiger partial charge on any atom is -0.491 e. The first-order chi connectivity index (χ1) is 13.1. The molecule has 1 heterocycles. The standard InChI is InChI=1S/C21H36N4O2.HI/c1-5-22-21(25-12-11-18(15-25)24(6-2)7-3)23-14-19(26)16-27-20-10-8-9-17(4)13-20;/h8-10,13,18-19,26H,5-7,11-12,14-16H2,1-4H3,(H,22,23);1H. The van der Waals surface area contributed by atoms with Crippen molar-refractivity contribution in [3.63, 3.8) is 0 Å². The van der Waals surface area contributed by atoms with E-state index in [-0.39, 0.29) is 30.6 Å². The zero-order valence-corrected chi connectivity index (χ0v) is 20.1. The third-order valence-corrected chi connectivity index (χ3v) is 5.01.